The van der Waals surface area contributed by atoms with E-state index in [0.717, 1.165) is 22.0 Å². The second kappa shape index (κ2) is 5.43. The van der Waals surface area contributed by atoms with Crippen molar-refractivity contribution in [2.75, 3.05) is 0 Å². The molecule has 0 aliphatic heterocycles. The summed E-state index contributed by atoms with van der Waals surface area (Å²) in [4.78, 5) is 0. The van der Waals surface area contributed by atoms with Gasteiger partial charge in [0.1, 0.15) is 0 Å². The van der Waals surface area contributed by atoms with E-state index < -0.39 is 5.60 Å². The number of hydrogen-bond donors (Lipinski definition) is 1. The van der Waals surface area contributed by atoms with Gasteiger partial charge >= 0.3 is 0 Å². The molecule has 1 N–H and O–H groups in total. The molecule has 3 rings (SSSR count). The minimum atomic E-state index is -0.830. The number of halogens is 1. The molecular formula is C19H19BrO. The Kier molecular flexibility index (Phi) is 3.76. The first kappa shape index (κ1) is 14.6. The van der Waals surface area contributed by atoms with Crippen LogP contribution in [0.1, 0.15) is 30.5 Å². The van der Waals surface area contributed by atoms with Gasteiger partial charge in [-0.1, -0.05) is 58.4 Å². The van der Waals surface area contributed by atoms with Crippen molar-refractivity contribution < 1.29 is 5.11 Å². The fourth-order valence-corrected chi connectivity index (χ4v) is 3.42. The van der Waals surface area contributed by atoms with E-state index in [1.54, 1.807) is 0 Å². The van der Waals surface area contributed by atoms with Gasteiger partial charge in [0, 0.05) is 10.4 Å². The Morgan fingerprint density at radius 2 is 1.76 bits per heavy atom. The SMILES string of the molecule is CC1=C[C@H](Cc2ccc(Br)cc2)[C@](C)(O)c2ccccc21. The van der Waals surface area contributed by atoms with Crippen LogP contribution < -0.4 is 0 Å². The van der Waals surface area contributed by atoms with Crippen LogP contribution in [0.2, 0.25) is 0 Å². The van der Waals surface area contributed by atoms with E-state index in [1.165, 1.54) is 11.1 Å². The number of allylic oxidation sites excluding steroid dienone is 1. The fourth-order valence-electron chi connectivity index (χ4n) is 3.15. The van der Waals surface area contributed by atoms with Crippen LogP contribution in [0, 0.1) is 5.92 Å². The molecule has 21 heavy (non-hydrogen) atoms. The lowest BCUT2D eigenvalue weighted by Gasteiger charge is -2.37. The van der Waals surface area contributed by atoms with E-state index in [9.17, 15) is 5.11 Å². The van der Waals surface area contributed by atoms with Crippen molar-refractivity contribution in [3.63, 3.8) is 0 Å². The summed E-state index contributed by atoms with van der Waals surface area (Å²) in [6.07, 6.45) is 3.05. The molecule has 0 amide bonds. The van der Waals surface area contributed by atoms with Crippen molar-refractivity contribution in [1.29, 1.82) is 0 Å². The molecule has 0 radical (unpaired) electrons. The molecule has 108 valence electrons. The van der Waals surface area contributed by atoms with Gasteiger partial charge in [0.15, 0.2) is 0 Å². The summed E-state index contributed by atoms with van der Waals surface area (Å²) < 4.78 is 1.08. The van der Waals surface area contributed by atoms with E-state index >= 15 is 0 Å². The lowest BCUT2D eigenvalue weighted by Crippen LogP contribution is -2.35. The molecule has 1 aliphatic carbocycles. The summed E-state index contributed by atoms with van der Waals surface area (Å²) in [7, 11) is 0. The second-order valence-corrected chi connectivity index (χ2v) is 6.90. The molecule has 2 aromatic rings. The molecule has 2 atom stereocenters. The van der Waals surface area contributed by atoms with Gasteiger partial charge in [0.25, 0.3) is 0 Å². The molecule has 2 heteroatoms. The molecule has 0 unspecified atom stereocenters. The summed E-state index contributed by atoms with van der Waals surface area (Å²) in [5.74, 6) is 0.0913. The number of hydrogen-bond acceptors (Lipinski definition) is 1. The molecule has 0 heterocycles. The maximum Gasteiger partial charge on any atom is 0.0940 e. The van der Waals surface area contributed by atoms with Crippen LogP contribution in [0.25, 0.3) is 5.57 Å². The number of fused-ring (bicyclic) bond motifs is 1. The second-order valence-electron chi connectivity index (χ2n) is 5.98. The Bertz CT molecular complexity index is 683. The van der Waals surface area contributed by atoms with Crippen molar-refractivity contribution in [3.05, 3.63) is 75.8 Å². The summed E-state index contributed by atoms with van der Waals surface area (Å²) in [6, 6.07) is 16.5. The maximum atomic E-state index is 11.1. The third-order valence-electron chi connectivity index (χ3n) is 4.44. The van der Waals surface area contributed by atoms with Gasteiger partial charge in [-0.2, -0.15) is 0 Å². The molecule has 0 saturated heterocycles. The minimum Gasteiger partial charge on any atom is -0.385 e. The van der Waals surface area contributed by atoms with E-state index in [4.69, 9.17) is 0 Å². The molecule has 1 aliphatic rings. The van der Waals surface area contributed by atoms with Crippen molar-refractivity contribution in [2.24, 2.45) is 5.92 Å². The van der Waals surface area contributed by atoms with Gasteiger partial charge in [-0.25, -0.2) is 0 Å². The lowest BCUT2D eigenvalue weighted by atomic mass is 9.72. The van der Waals surface area contributed by atoms with Gasteiger partial charge in [0.05, 0.1) is 5.60 Å². The largest absolute Gasteiger partial charge is 0.385 e. The highest BCUT2D eigenvalue weighted by molar-refractivity contribution is 9.10. The van der Waals surface area contributed by atoms with E-state index in [0.29, 0.717) is 0 Å². The van der Waals surface area contributed by atoms with Gasteiger partial charge in [-0.05, 0) is 54.7 Å². The highest BCUT2D eigenvalue weighted by Crippen LogP contribution is 2.42. The van der Waals surface area contributed by atoms with Crippen LogP contribution >= 0.6 is 15.9 Å². The molecule has 2 aromatic carbocycles. The quantitative estimate of drug-likeness (QED) is 0.820. The smallest absolute Gasteiger partial charge is 0.0940 e. The summed E-state index contributed by atoms with van der Waals surface area (Å²) in [6.45, 7) is 4.06. The highest BCUT2D eigenvalue weighted by Gasteiger charge is 2.37. The highest BCUT2D eigenvalue weighted by atomic mass is 79.9. The van der Waals surface area contributed by atoms with Gasteiger partial charge < -0.3 is 5.11 Å². The van der Waals surface area contributed by atoms with Crippen molar-refractivity contribution in [3.8, 4) is 0 Å². The van der Waals surface area contributed by atoms with Crippen LogP contribution in [0.15, 0.2) is 59.1 Å². The lowest BCUT2D eigenvalue weighted by molar-refractivity contribution is 0.0117. The molecule has 0 saturated carbocycles. The predicted octanol–water partition coefficient (Wildman–Crippen LogP) is 4.93. The standard InChI is InChI=1S/C19H19BrO/c1-13-11-15(12-14-7-9-16(20)10-8-14)19(2,21)18-6-4-3-5-17(13)18/h3-11,15,21H,12H2,1-2H3/t15-,19+/m1/s1. The Hall–Kier alpha value is -1.38. The minimum absolute atomic E-state index is 0.0913. The third-order valence-corrected chi connectivity index (χ3v) is 4.97. The molecule has 0 fully saturated rings. The first-order valence-corrected chi connectivity index (χ1v) is 8.03. The maximum absolute atomic E-state index is 11.1. The Labute approximate surface area is 134 Å². The average Bonchev–Trinajstić information content (AvgIpc) is 2.47. The van der Waals surface area contributed by atoms with Crippen LogP contribution in [0.4, 0.5) is 0 Å². The number of aliphatic hydroxyl groups is 1. The van der Waals surface area contributed by atoms with Gasteiger partial charge in [-0.15, -0.1) is 0 Å². The van der Waals surface area contributed by atoms with Crippen molar-refractivity contribution >= 4 is 21.5 Å². The first-order valence-electron chi connectivity index (χ1n) is 7.23. The van der Waals surface area contributed by atoms with E-state index in [1.807, 2.05) is 25.1 Å². The van der Waals surface area contributed by atoms with Crippen LogP contribution in [-0.4, -0.2) is 5.11 Å². The van der Waals surface area contributed by atoms with E-state index in [2.05, 4.69) is 59.3 Å². The monoisotopic (exact) mass is 342 g/mol. The van der Waals surface area contributed by atoms with Crippen molar-refractivity contribution in [2.45, 2.75) is 25.9 Å². The zero-order chi connectivity index (χ0) is 15.0. The summed E-state index contributed by atoms with van der Waals surface area (Å²) in [5, 5.41) is 11.1. The Morgan fingerprint density at radius 3 is 2.48 bits per heavy atom. The fraction of sp³-hybridized carbons (Fsp3) is 0.263. The molecular weight excluding hydrogens is 324 g/mol. The molecule has 0 aromatic heterocycles. The Balaban J connectivity index is 1.97. The van der Waals surface area contributed by atoms with Gasteiger partial charge in [-0.3, -0.25) is 0 Å². The third kappa shape index (κ3) is 2.70. The van der Waals surface area contributed by atoms with Crippen LogP contribution in [0.3, 0.4) is 0 Å². The first-order chi connectivity index (χ1) is 9.98. The zero-order valence-electron chi connectivity index (χ0n) is 12.3. The van der Waals surface area contributed by atoms with Crippen molar-refractivity contribution in [1.82, 2.24) is 0 Å². The summed E-state index contributed by atoms with van der Waals surface area (Å²) in [5.41, 5.74) is 3.86. The van der Waals surface area contributed by atoms with E-state index in [-0.39, 0.29) is 5.92 Å². The normalized spacial score (nSPS) is 24.4. The topological polar surface area (TPSA) is 20.2 Å². The summed E-state index contributed by atoms with van der Waals surface area (Å²) >= 11 is 3.46. The molecule has 0 spiro atoms. The molecule has 0 bridgehead atoms. The zero-order valence-corrected chi connectivity index (χ0v) is 13.9. The van der Waals surface area contributed by atoms with Crippen LogP contribution in [-0.2, 0) is 12.0 Å². The molecule has 1 nitrogen and oxygen atoms in total. The van der Waals surface area contributed by atoms with Crippen LogP contribution in [0.5, 0.6) is 0 Å². The van der Waals surface area contributed by atoms with Gasteiger partial charge in [0.2, 0.25) is 0 Å². The predicted molar refractivity (Wildman–Crippen MR) is 91.0 cm³/mol. The Morgan fingerprint density at radius 1 is 1.10 bits per heavy atom. The average molecular weight is 343 g/mol. The number of rotatable bonds is 2. The number of benzene rings is 2.